The van der Waals surface area contributed by atoms with Gasteiger partial charge >= 0.3 is 0 Å². The Bertz CT molecular complexity index is 893. The van der Waals surface area contributed by atoms with Crippen LogP contribution in [0.3, 0.4) is 0 Å². The van der Waals surface area contributed by atoms with Crippen LogP contribution >= 0.6 is 23.7 Å². The topological polar surface area (TPSA) is 75.1 Å². The molecule has 2 aromatic heterocycles. The van der Waals surface area contributed by atoms with Crippen molar-refractivity contribution in [3.63, 3.8) is 0 Å². The first-order chi connectivity index (χ1) is 13.8. The number of nitrogens with one attached hydrogen (secondary N) is 2. The predicted octanol–water partition coefficient (Wildman–Crippen LogP) is 2.44. The Morgan fingerprint density at radius 3 is 2.66 bits per heavy atom. The minimum atomic E-state index is -0.229. The van der Waals surface area contributed by atoms with E-state index in [1.165, 1.54) is 0 Å². The second-order valence-corrected chi connectivity index (χ2v) is 7.63. The van der Waals surface area contributed by atoms with E-state index in [0.717, 1.165) is 49.7 Å². The van der Waals surface area contributed by atoms with Crippen molar-refractivity contribution < 1.29 is 4.79 Å². The van der Waals surface area contributed by atoms with Crippen LogP contribution in [0.5, 0.6) is 0 Å². The lowest BCUT2D eigenvalue weighted by Gasteiger charge is -2.26. The van der Waals surface area contributed by atoms with Crippen LogP contribution in [0.1, 0.15) is 17.0 Å². The quantitative estimate of drug-likeness (QED) is 0.561. The maximum Gasteiger partial charge on any atom is 0.290 e. The minimum absolute atomic E-state index is 0. The summed E-state index contributed by atoms with van der Waals surface area (Å²) in [4.78, 5) is 20.5. The molecule has 4 rings (SSSR count). The molecule has 1 aromatic carbocycles. The highest BCUT2D eigenvalue weighted by molar-refractivity contribution is 7.13. The van der Waals surface area contributed by atoms with Crippen LogP contribution in [0.4, 0.5) is 0 Å². The van der Waals surface area contributed by atoms with Crippen molar-refractivity contribution in [2.24, 2.45) is 0 Å². The molecular weight excluding hydrogens is 408 g/mol. The minimum Gasteiger partial charge on any atom is -0.349 e. The van der Waals surface area contributed by atoms with Gasteiger partial charge in [0.2, 0.25) is 5.82 Å². The molecule has 29 heavy (non-hydrogen) atoms. The zero-order chi connectivity index (χ0) is 19.2. The van der Waals surface area contributed by atoms with E-state index in [4.69, 9.17) is 0 Å². The summed E-state index contributed by atoms with van der Waals surface area (Å²) in [7, 11) is 0. The Kier molecular flexibility index (Phi) is 7.76. The molecule has 0 bridgehead atoms. The number of hydrogen-bond acceptors (Lipinski definition) is 6. The van der Waals surface area contributed by atoms with Gasteiger partial charge in [-0.1, -0.05) is 24.3 Å². The van der Waals surface area contributed by atoms with Gasteiger partial charge in [-0.05, 0) is 36.5 Å². The molecule has 1 aliphatic rings. The van der Waals surface area contributed by atoms with Crippen molar-refractivity contribution in [3.05, 3.63) is 53.7 Å². The molecular formula is C20H25ClN6OS. The number of rotatable bonds is 7. The Hall–Kier alpha value is -2.26. The largest absolute Gasteiger partial charge is 0.349 e. The van der Waals surface area contributed by atoms with Gasteiger partial charge in [-0.2, -0.15) is 0 Å². The van der Waals surface area contributed by atoms with Gasteiger partial charge in [-0.3, -0.25) is 4.79 Å². The summed E-state index contributed by atoms with van der Waals surface area (Å²) in [5, 5.41) is 12.8. The number of piperazine rings is 1. The van der Waals surface area contributed by atoms with Gasteiger partial charge in [0.25, 0.3) is 5.91 Å². The predicted molar refractivity (Wildman–Crippen MR) is 118 cm³/mol. The summed E-state index contributed by atoms with van der Waals surface area (Å²) in [5.41, 5.74) is 0.885. The van der Waals surface area contributed by atoms with E-state index in [2.05, 4.69) is 25.6 Å². The molecule has 3 heterocycles. The second kappa shape index (κ2) is 10.5. The van der Waals surface area contributed by atoms with Gasteiger partial charge in [0, 0.05) is 32.7 Å². The molecule has 1 fully saturated rings. The molecule has 0 aliphatic carbocycles. The SMILES string of the molecule is Cl.O=C(NCCCN1CCNCC1)c1nc(-c2cccs2)n(-c2ccccc2)n1. The first-order valence-electron chi connectivity index (χ1n) is 9.59. The van der Waals surface area contributed by atoms with Gasteiger partial charge in [0.1, 0.15) is 0 Å². The van der Waals surface area contributed by atoms with Gasteiger partial charge in [-0.25, -0.2) is 9.67 Å². The standard InChI is InChI=1S/C20H24N6OS.ClH/c27-20(22-9-5-12-25-13-10-21-11-14-25)18-23-19(17-8-4-15-28-17)26(24-18)16-6-2-1-3-7-16;/h1-4,6-8,15,21H,5,9-14H2,(H,22,27);1H. The fourth-order valence-corrected chi connectivity index (χ4v) is 3.94. The number of benzene rings is 1. The summed E-state index contributed by atoms with van der Waals surface area (Å²) in [6.45, 7) is 5.84. The summed E-state index contributed by atoms with van der Waals surface area (Å²) in [6, 6.07) is 13.7. The monoisotopic (exact) mass is 432 g/mol. The average Bonchev–Trinajstić information content (AvgIpc) is 3.42. The normalized spacial score (nSPS) is 14.3. The van der Waals surface area contributed by atoms with Gasteiger partial charge < -0.3 is 15.5 Å². The fourth-order valence-electron chi connectivity index (χ4n) is 3.24. The third kappa shape index (κ3) is 5.42. The number of amides is 1. The van der Waals surface area contributed by atoms with E-state index in [1.54, 1.807) is 16.0 Å². The number of aromatic nitrogens is 3. The Morgan fingerprint density at radius 2 is 1.93 bits per heavy atom. The summed E-state index contributed by atoms with van der Waals surface area (Å²) in [6.07, 6.45) is 0.920. The smallest absolute Gasteiger partial charge is 0.290 e. The maximum atomic E-state index is 12.6. The van der Waals surface area contributed by atoms with E-state index in [9.17, 15) is 4.79 Å². The van der Waals surface area contributed by atoms with Crippen LogP contribution in [0.15, 0.2) is 47.8 Å². The molecule has 0 saturated carbocycles. The van der Waals surface area contributed by atoms with E-state index in [-0.39, 0.29) is 24.1 Å². The number of para-hydroxylation sites is 1. The van der Waals surface area contributed by atoms with Crippen LogP contribution < -0.4 is 10.6 Å². The van der Waals surface area contributed by atoms with E-state index in [1.807, 2.05) is 47.8 Å². The highest BCUT2D eigenvalue weighted by Gasteiger charge is 2.19. The summed E-state index contributed by atoms with van der Waals surface area (Å²) < 4.78 is 1.74. The number of thiophene rings is 1. The first kappa shape index (κ1) is 21.4. The molecule has 1 aliphatic heterocycles. The van der Waals surface area contributed by atoms with Crippen molar-refractivity contribution in [1.82, 2.24) is 30.3 Å². The molecule has 7 nitrogen and oxygen atoms in total. The highest BCUT2D eigenvalue weighted by Crippen LogP contribution is 2.25. The van der Waals surface area contributed by atoms with Gasteiger partial charge in [0.15, 0.2) is 5.82 Å². The van der Waals surface area contributed by atoms with Gasteiger partial charge in [0.05, 0.1) is 10.6 Å². The van der Waals surface area contributed by atoms with Crippen molar-refractivity contribution in [2.45, 2.75) is 6.42 Å². The van der Waals surface area contributed by atoms with Crippen molar-refractivity contribution >= 4 is 29.7 Å². The number of hydrogen-bond donors (Lipinski definition) is 2. The molecule has 0 atom stereocenters. The third-order valence-corrected chi connectivity index (χ3v) is 5.56. The highest BCUT2D eigenvalue weighted by atomic mass is 35.5. The zero-order valence-electron chi connectivity index (χ0n) is 16.1. The van der Waals surface area contributed by atoms with E-state index < -0.39 is 0 Å². The van der Waals surface area contributed by atoms with Crippen LogP contribution in [0, 0.1) is 0 Å². The van der Waals surface area contributed by atoms with Crippen molar-refractivity contribution in [2.75, 3.05) is 39.3 Å². The van der Waals surface area contributed by atoms with E-state index in [0.29, 0.717) is 12.4 Å². The summed E-state index contributed by atoms with van der Waals surface area (Å²) >= 11 is 1.58. The molecule has 0 radical (unpaired) electrons. The van der Waals surface area contributed by atoms with Crippen molar-refractivity contribution in [1.29, 1.82) is 0 Å². The zero-order valence-corrected chi connectivity index (χ0v) is 17.7. The molecule has 1 amide bonds. The van der Waals surface area contributed by atoms with Gasteiger partial charge in [-0.15, -0.1) is 28.8 Å². The van der Waals surface area contributed by atoms with Crippen LogP contribution in [0.25, 0.3) is 16.4 Å². The van der Waals surface area contributed by atoms with Crippen molar-refractivity contribution in [3.8, 4) is 16.4 Å². The number of halogens is 1. The lowest BCUT2D eigenvalue weighted by atomic mass is 10.3. The molecule has 0 spiro atoms. The third-order valence-electron chi connectivity index (χ3n) is 4.70. The van der Waals surface area contributed by atoms with Crippen LogP contribution in [-0.2, 0) is 0 Å². The number of carbonyl (C=O) groups is 1. The van der Waals surface area contributed by atoms with Crippen LogP contribution in [-0.4, -0.2) is 64.8 Å². The second-order valence-electron chi connectivity index (χ2n) is 6.68. The summed E-state index contributed by atoms with van der Waals surface area (Å²) in [5.74, 6) is 0.661. The number of nitrogens with zero attached hydrogens (tertiary/aromatic N) is 4. The van der Waals surface area contributed by atoms with Crippen LogP contribution in [0.2, 0.25) is 0 Å². The molecule has 3 aromatic rings. The average molecular weight is 433 g/mol. The molecule has 154 valence electrons. The molecule has 2 N–H and O–H groups in total. The first-order valence-corrected chi connectivity index (χ1v) is 10.5. The lowest BCUT2D eigenvalue weighted by molar-refractivity contribution is 0.0941. The Balaban J connectivity index is 0.00000240. The molecule has 9 heteroatoms. The number of carbonyl (C=O) groups excluding carboxylic acids is 1. The maximum absolute atomic E-state index is 12.6. The van der Waals surface area contributed by atoms with E-state index >= 15 is 0 Å². The Labute approximate surface area is 180 Å². The molecule has 1 saturated heterocycles. The fraction of sp³-hybridized carbons (Fsp3) is 0.350. The Morgan fingerprint density at radius 1 is 1.14 bits per heavy atom. The lowest BCUT2D eigenvalue weighted by Crippen LogP contribution is -2.44. The molecule has 0 unspecified atom stereocenters.